The van der Waals surface area contributed by atoms with E-state index >= 15 is 0 Å². The molecule has 1 heterocycles. The molecule has 2 rings (SSSR count). The Morgan fingerprint density at radius 3 is 2.53 bits per heavy atom. The second kappa shape index (κ2) is 6.04. The molecule has 0 saturated carbocycles. The normalized spacial score (nSPS) is 12.2. The van der Waals surface area contributed by atoms with Crippen LogP contribution >= 0.6 is 11.6 Å². The summed E-state index contributed by atoms with van der Waals surface area (Å²) in [6.45, 7) is 2.59. The molecular formula is C15H18ClN3. The number of hydrogen-bond donors (Lipinski definition) is 1. The zero-order valence-electron chi connectivity index (χ0n) is 11.2. The van der Waals surface area contributed by atoms with E-state index in [1.165, 1.54) is 5.56 Å². The maximum absolute atomic E-state index is 5.91. The number of aromatic nitrogens is 1. The summed E-state index contributed by atoms with van der Waals surface area (Å²) in [6, 6.07) is 14.0. The summed E-state index contributed by atoms with van der Waals surface area (Å²) in [5, 5.41) is 0.752. The minimum atomic E-state index is 0.220. The summed E-state index contributed by atoms with van der Waals surface area (Å²) in [5.74, 6) is 0.922. The highest BCUT2D eigenvalue weighted by Gasteiger charge is 2.13. The van der Waals surface area contributed by atoms with Crippen molar-refractivity contribution in [3.05, 3.63) is 58.7 Å². The fraction of sp³-hybridized carbons (Fsp3) is 0.267. The zero-order valence-corrected chi connectivity index (χ0v) is 11.9. The maximum atomic E-state index is 5.91. The fourth-order valence-corrected chi connectivity index (χ4v) is 2.07. The lowest BCUT2D eigenvalue weighted by Crippen LogP contribution is -2.23. The van der Waals surface area contributed by atoms with E-state index in [4.69, 9.17) is 17.3 Å². The smallest absolute Gasteiger partial charge is 0.129 e. The van der Waals surface area contributed by atoms with E-state index in [2.05, 4.69) is 16.8 Å². The number of rotatable bonds is 4. The van der Waals surface area contributed by atoms with Crippen LogP contribution in [0.3, 0.4) is 0 Å². The van der Waals surface area contributed by atoms with E-state index in [0.29, 0.717) is 6.54 Å². The van der Waals surface area contributed by atoms with Crippen LogP contribution in [0.4, 0.5) is 5.82 Å². The largest absolute Gasteiger partial charge is 0.353 e. The van der Waals surface area contributed by atoms with Gasteiger partial charge in [0.05, 0.1) is 11.7 Å². The highest BCUT2D eigenvalue weighted by Crippen LogP contribution is 2.24. The average molecular weight is 276 g/mol. The molecule has 1 unspecified atom stereocenters. The summed E-state index contributed by atoms with van der Waals surface area (Å²) >= 11 is 5.91. The molecule has 0 aliphatic heterocycles. The van der Waals surface area contributed by atoms with Crippen molar-refractivity contribution in [1.82, 2.24) is 4.98 Å². The van der Waals surface area contributed by atoms with Crippen LogP contribution in [0.2, 0.25) is 5.02 Å². The van der Waals surface area contributed by atoms with Crippen molar-refractivity contribution in [3.63, 3.8) is 0 Å². The first-order valence-electron chi connectivity index (χ1n) is 6.26. The van der Waals surface area contributed by atoms with Gasteiger partial charge in [-0.05, 0) is 36.8 Å². The van der Waals surface area contributed by atoms with Crippen LogP contribution in [-0.4, -0.2) is 12.0 Å². The number of hydrogen-bond acceptors (Lipinski definition) is 3. The highest BCUT2D eigenvalue weighted by atomic mass is 35.5. The lowest BCUT2D eigenvalue weighted by atomic mass is 10.1. The Balaban J connectivity index is 2.22. The molecule has 0 aliphatic carbocycles. The van der Waals surface area contributed by atoms with E-state index in [1.54, 1.807) is 0 Å². The first-order chi connectivity index (χ1) is 9.11. The van der Waals surface area contributed by atoms with Gasteiger partial charge in [-0.3, -0.25) is 0 Å². The summed E-state index contributed by atoms with van der Waals surface area (Å²) in [5.41, 5.74) is 7.72. The molecule has 3 nitrogen and oxygen atoms in total. The Morgan fingerprint density at radius 2 is 1.89 bits per heavy atom. The van der Waals surface area contributed by atoms with E-state index < -0.39 is 0 Å². The van der Waals surface area contributed by atoms with Gasteiger partial charge in [0.15, 0.2) is 0 Å². The van der Waals surface area contributed by atoms with Crippen LogP contribution in [0.1, 0.15) is 24.2 Å². The molecule has 0 radical (unpaired) electrons. The molecule has 1 aromatic heterocycles. The Morgan fingerprint density at radius 1 is 1.21 bits per heavy atom. The lowest BCUT2D eigenvalue weighted by Gasteiger charge is -2.26. The van der Waals surface area contributed by atoms with Gasteiger partial charge in [-0.25, -0.2) is 4.98 Å². The molecule has 19 heavy (non-hydrogen) atoms. The molecule has 4 heteroatoms. The van der Waals surface area contributed by atoms with Crippen molar-refractivity contribution in [2.24, 2.45) is 5.73 Å². The Bertz CT molecular complexity index is 539. The number of benzene rings is 1. The van der Waals surface area contributed by atoms with Crippen molar-refractivity contribution in [3.8, 4) is 0 Å². The third-order valence-electron chi connectivity index (χ3n) is 3.30. The Labute approximate surface area is 119 Å². The summed E-state index contributed by atoms with van der Waals surface area (Å²) in [4.78, 5) is 6.66. The van der Waals surface area contributed by atoms with Crippen LogP contribution in [0, 0.1) is 0 Å². The molecular weight excluding hydrogens is 258 g/mol. The van der Waals surface area contributed by atoms with Crippen molar-refractivity contribution in [1.29, 1.82) is 0 Å². The lowest BCUT2D eigenvalue weighted by molar-refractivity contribution is 0.725. The quantitative estimate of drug-likeness (QED) is 0.930. The zero-order chi connectivity index (χ0) is 13.8. The maximum Gasteiger partial charge on any atom is 0.129 e. The van der Waals surface area contributed by atoms with Crippen molar-refractivity contribution < 1.29 is 0 Å². The summed E-state index contributed by atoms with van der Waals surface area (Å²) in [7, 11) is 2.03. The third-order valence-corrected chi connectivity index (χ3v) is 3.55. The van der Waals surface area contributed by atoms with Gasteiger partial charge in [0.1, 0.15) is 5.82 Å². The van der Waals surface area contributed by atoms with Crippen LogP contribution in [-0.2, 0) is 6.54 Å². The van der Waals surface area contributed by atoms with Crippen molar-refractivity contribution >= 4 is 17.4 Å². The van der Waals surface area contributed by atoms with Crippen molar-refractivity contribution in [2.45, 2.75) is 19.5 Å². The number of anilines is 1. The molecule has 1 atom stereocenters. The monoisotopic (exact) mass is 275 g/mol. The Kier molecular flexibility index (Phi) is 4.40. The van der Waals surface area contributed by atoms with Gasteiger partial charge < -0.3 is 10.6 Å². The van der Waals surface area contributed by atoms with E-state index in [-0.39, 0.29) is 6.04 Å². The SMILES string of the molecule is CC(c1ccc(Cl)cc1)N(C)c1cccc(CN)n1. The molecule has 0 spiro atoms. The first-order valence-corrected chi connectivity index (χ1v) is 6.64. The summed E-state index contributed by atoms with van der Waals surface area (Å²) < 4.78 is 0. The molecule has 2 N–H and O–H groups in total. The second-order valence-corrected chi connectivity index (χ2v) is 4.97. The molecule has 0 amide bonds. The van der Waals surface area contributed by atoms with Gasteiger partial charge in [-0.15, -0.1) is 0 Å². The van der Waals surface area contributed by atoms with Crippen LogP contribution in [0.25, 0.3) is 0 Å². The number of nitrogens with two attached hydrogens (primary N) is 1. The van der Waals surface area contributed by atoms with Crippen molar-refractivity contribution in [2.75, 3.05) is 11.9 Å². The van der Waals surface area contributed by atoms with Gasteiger partial charge >= 0.3 is 0 Å². The molecule has 0 aliphatic rings. The predicted octanol–water partition coefficient (Wildman–Crippen LogP) is 3.39. The minimum absolute atomic E-state index is 0.220. The number of halogens is 1. The first kappa shape index (κ1) is 13.8. The highest BCUT2D eigenvalue weighted by molar-refractivity contribution is 6.30. The third kappa shape index (κ3) is 3.25. The molecule has 0 fully saturated rings. The minimum Gasteiger partial charge on any atom is -0.353 e. The van der Waals surface area contributed by atoms with E-state index in [9.17, 15) is 0 Å². The number of nitrogens with zero attached hydrogens (tertiary/aromatic N) is 2. The van der Waals surface area contributed by atoms with Gasteiger partial charge in [-0.1, -0.05) is 29.8 Å². The van der Waals surface area contributed by atoms with Gasteiger partial charge in [0, 0.05) is 18.6 Å². The standard InChI is InChI=1S/C15H18ClN3/c1-11(12-6-8-13(16)9-7-12)19(2)15-5-3-4-14(10-17)18-15/h3-9,11H,10,17H2,1-2H3. The van der Waals surface area contributed by atoms with Gasteiger partial charge in [0.25, 0.3) is 0 Å². The molecule has 100 valence electrons. The fourth-order valence-electron chi connectivity index (χ4n) is 1.94. The van der Waals surface area contributed by atoms with Crippen LogP contribution < -0.4 is 10.6 Å². The molecule has 0 bridgehead atoms. The molecule has 1 aromatic carbocycles. The predicted molar refractivity (Wildman–Crippen MR) is 80.4 cm³/mol. The Hall–Kier alpha value is -1.58. The topological polar surface area (TPSA) is 42.1 Å². The van der Waals surface area contributed by atoms with Gasteiger partial charge in [0.2, 0.25) is 0 Å². The average Bonchev–Trinajstić information content (AvgIpc) is 2.46. The van der Waals surface area contributed by atoms with Gasteiger partial charge in [-0.2, -0.15) is 0 Å². The van der Waals surface area contributed by atoms with Crippen LogP contribution in [0.15, 0.2) is 42.5 Å². The summed E-state index contributed by atoms with van der Waals surface area (Å²) in [6.07, 6.45) is 0. The molecule has 0 saturated heterocycles. The number of pyridine rings is 1. The van der Waals surface area contributed by atoms with Crippen LogP contribution in [0.5, 0.6) is 0 Å². The van der Waals surface area contributed by atoms with E-state index in [1.807, 2.05) is 49.5 Å². The molecule has 2 aromatic rings. The van der Waals surface area contributed by atoms with E-state index in [0.717, 1.165) is 16.5 Å². The second-order valence-electron chi connectivity index (χ2n) is 4.53.